The van der Waals surface area contributed by atoms with Gasteiger partial charge >= 0.3 is 0 Å². The van der Waals surface area contributed by atoms with Crippen molar-refractivity contribution in [3.8, 4) is 5.88 Å². The molecule has 1 aromatic rings. The number of amidine groups is 1. The van der Waals surface area contributed by atoms with E-state index in [-0.39, 0.29) is 11.9 Å². The smallest absolute Gasteiger partial charge is 0.224 e. The van der Waals surface area contributed by atoms with Gasteiger partial charge in [-0.05, 0) is 37.8 Å². The van der Waals surface area contributed by atoms with E-state index in [1.807, 2.05) is 0 Å². The first kappa shape index (κ1) is 9.96. The lowest BCUT2D eigenvalue weighted by atomic mass is 10.2. The van der Waals surface area contributed by atoms with Crippen LogP contribution in [0, 0.1) is 5.41 Å². The summed E-state index contributed by atoms with van der Waals surface area (Å²) in [5.74, 6) is 0.507. The Bertz CT molecular complexity index is 359. The molecule has 0 saturated heterocycles. The molecule has 4 nitrogen and oxygen atoms in total. The van der Waals surface area contributed by atoms with Gasteiger partial charge in [0.25, 0.3) is 0 Å². The zero-order valence-electron chi connectivity index (χ0n) is 8.57. The highest BCUT2D eigenvalue weighted by molar-refractivity contribution is 5.96. The quantitative estimate of drug-likeness (QED) is 0.582. The van der Waals surface area contributed by atoms with Gasteiger partial charge in [0.1, 0.15) is 11.9 Å². The maximum absolute atomic E-state index is 7.41. The van der Waals surface area contributed by atoms with E-state index in [1.54, 1.807) is 18.3 Å². The molecule has 0 amide bonds. The van der Waals surface area contributed by atoms with Crippen LogP contribution in [-0.2, 0) is 0 Å². The first-order valence-electron chi connectivity index (χ1n) is 5.23. The lowest BCUT2D eigenvalue weighted by molar-refractivity contribution is 0.201. The molecule has 15 heavy (non-hydrogen) atoms. The van der Waals surface area contributed by atoms with Crippen LogP contribution in [0.2, 0.25) is 0 Å². The fraction of sp³-hybridized carbons (Fsp3) is 0.455. The molecule has 3 N–H and O–H groups in total. The Morgan fingerprint density at radius 2 is 2.20 bits per heavy atom. The number of rotatable bonds is 3. The van der Waals surface area contributed by atoms with Gasteiger partial charge in [0.05, 0.1) is 5.56 Å². The summed E-state index contributed by atoms with van der Waals surface area (Å²) >= 11 is 0. The van der Waals surface area contributed by atoms with E-state index >= 15 is 0 Å². The Labute approximate surface area is 89.0 Å². The fourth-order valence-corrected chi connectivity index (χ4v) is 1.85. The van der Waals surface area contributed by atoms with Gasteiger partial charge in [0.15, 0.2) is 0 Å². The van der Waals surface area contributed by atoms with Crippen molar-refractivity contribution in [2.75, 3.05) is 0 Å². The van der Waals surface area contributed by atoms with Crippen LogP contribution in [0.15, 0.2) is 18.3 Å². The second kappa shape index (κ2) is 4.29. The van der Waals surface area contributed by atoms with Crippen molar-refractivity contribution in [2.45, 2.75) is 31.8 Å². The Morgan fingerprint density at radius 1 is 1.47 bits per heavy atom. The lowest BCUT2D eigenvalue weighted by Gasteiger charge is -2.14. The van der Waals surface area contributed by atoms with E-state index in [2.05, 4.69) is 4.98 Å². The first-order chi connectivity index (χ1) is 7.27. The van der Waals surface area contributed by atoms with Crippen LogP contribution in [0.5, 0.6) is 5.88 Å². The molecule has 4 heteroatoms. The fourth-order valence-electron chi connectivity index (χ4n) is 1.85. The van der Waals surface area contributed by atoms with E-state index < -0.39 is 0 Å². The van der Waals surface area contributed by atoms with Crippen LogP contribution in [0.3, 0.4) is 0 Å². The second-order valence-electron chi connectivity index (χ2n) is 3.79. The minimum atomic E-state index is 0.0103. The second-order valence-corrected chi connectivity index (χ2v) is 3.79. The number of pyridine rings is 1. The lowest BCUT2D eigenvalue weighted by Crippen LogP contribution is -2.18. The minimum absolute atomic E-state index is 0.0103. The summed E-state index contributed by atoms with van der Waals surface area (Å²) in [6.07, 6.45) is 6.50. The van der Waals surface area contributed by atoms with Crippen molar-refractivity contribution >= 4 is 5.84 Å². The molecule has 1 saturated carbocycles. The third-order valence-corrected chi connectivity index (χ3v) is 2.64. The Kier molecular flexibility index (Phi) is 2.85. The number of aromatic nitrogens is 1. The monoisotopic (exact) mass is 205 g/mol. The number of hydrogen-bond donors (Lipinski definition) is 2. The van der Waals surface area contributed by atoms with E-state index in [0.717, 1.165) is 12.8 Å². The van der Waals surface area contributed by atoms with E-state index in [9.17, 15) is 0 Å². The van der Waals surface area contributed by atoms with Crippen LogP contribution in [0.1, 0.15) is 31.2 Å². The van der Waals surface area contributed by atoms with Crippen molar-refractivity contribution in [2.24, 2.45) is 5.73 Å². The zero-order chi connectivity index (χ0) is 10.7. The SMILES string of the molecule is N=C(N)c1cccnc1OC1CCCC1. The number of nitrogen functional groups attached to an aromatic ring is 1. The molecule has 0 aliphatic heterocycles. The summed E-state index contributed by atoms with van der Waals surface area (Å²) in [4.78, 5) is 4.12. The molecule has 0 aromatic carbocycles. The van der Waals surface area contributed by atoms with Gasteiger partial charge < -0.3 is 10.5 Å². The molecule has 0 atom stereocenters. The van der Waals surface area contributed by atoms with Crippen molar-refractivity contribution in [1.82, 2.24) is 4.98 Å². The molecule has 1 fully saturated rings. The molecule has 0 radical (unpaired) electrons. The van der Waals surface area contributed by atoms with Gasteiger partial charge in [-0.2, -0.15) is 0 Å². The predicted molar refractivity (Wildman–Crippen MR) is 58.1 cm³/mol. The van der Waals surface area contributed by atoms with Crippen LogP contribution in [0.25, 0.3) is 0 Å². The maximum atomic E-state index is 7.41. The van der Waals surface area contributed by atoms with Crippen LogP contribution in [-0.4, -0.2) is 16.9 Å². The summed E-state index contributed by atoms with van der Waals surface area (Å²) in [7, 11) is 0. The summed E-state index contributed by atoms with van der Waals surface area (Å²) < 4.78 is 5.74. The van der Waals surface area contributed by atoms with Crippen LogP contribution >= 0.6 is 0 Å². The molecule has 0 bridgehead atoms. The number of nitrogens with zero attached hydrogens (tertiary/aromatic N) is 1. The van der Waals surface area contributed by atoms with E-state index in [0.29, 0.717) is 11.4 Å². The molecule has 1 aromatic heterocycles. The van der Waals surface area contributed by atoms with Crippen molar-refractivity contribution in [3.63, 3.8) is 0 Å². The topological polar surface area (TPSA) is 72.0 Å². The average Bonchev–Trinajstić information content (AvgIpc) is 2.71. The third-order valence-electron chi connectivity index (χ3n) is 2.64. The number of nitrogens with one attached hydrogen (secondary N) is 1. The third kappa shape index (κ3) is 2.26. The van der Waals surface area contributed by atoms with E-state index in [4.69, 9.17) is 15.9 Å². The van der Waals surface area contributed by atoms with Gasteiger partial charge in [0.2, 0.25) is 5.88 Å². The Hall–Kier alpha value is -1.58. The zero-order valence-corrected chi connectivity index (χ0v) is 8.57. The molecule has 2 rings (SSSR count). The Balaban J connectivity index is 2.15. The number of hydrogen-bond acceptors (Lipinski definition) is 3. The van der Waals surface area contributed by atoms with Crippen molar-refractivity contribution in [1.29, 1.82) is 5.41 Å². The highest BCUT2D eigenvalue weighted by atomic mass is 16.5. The van der Waals surface area contributed by atoms with Gasteiger partial charge in [-0.25, -0.2) is 4.98 Å². The van der Waals surface area contributed by atoms with E-state index in [1.165, 1.54) is 12.8 Å². The molecule has 80 valence electrons. The summed E-state index contributed by atoms with van der Waals surface area (Å²) in [6, 6.07) is 3.53. The van der Waals surface area contributed by atoms with Crippen molar-refractivity contribution < 1.29 is 4.74 Å². The maximum Gasteiger partial charge on any atom is 0.224 e. The number of ether oxygens (including phenoxy) is 1. The van der Waals surface area contributed by atoms with Crippen LogP contribution in [0.4, 0.5) is 0 Å². The van der Waals surface area contributed by atoms with Crippen LogP contribution < -0.4 is 10.5 Å². The predicted octanol–water partition coefficient (Wildman–Crippen LogP) is 1.69. The van der Waals surface area contributed by atoms with Gasteiger partial charge in [0, 0.05) is 6.20 Å². The Morgan fingerprint density at radius 3 is 2.87 bits per heavy atom. The number of nitrogens with two attached hydrogens (primary N) is 1. The molecule has 0 spiro atoms. The molecular weight excluding hydrogens is 190 g/mol. The summed E-state index contributed by atoms with van der Waals surface area (Å²) in [5.41, 5.74) is 6.04. The summed E-state index contributed by atoms with van der Waals surface area (Å²) in [6.45, 7) is 0. The molecule has 1 aliphatic carbocycles. The minimum Gasteiger partial charge on any atom is -0.474 e. The highest BCUT2D eigenvalue weighted by Crippen LogP contribution is 2.24. The molecule has 1 heterocycles. The van der Waals surface area contributed by atoms with Gasteiger partial charge in [-0.1, -0.05) is 0 Å². The van der Waals surface area contributed by atoms with Crippen molar-refractivity contribution in [3.05, 3.63) is 23.9 Å². The molecule has 0 unspecified atom stereocenters. The van der Waals surface area contributed by atoms with Gasteiger partial charge in [-0.15, -0.1) is 0 Å². The molecule has 1 aliphatic rings. The largest absolute Gasteiger partial charge is 0.474 e. The highest BCUT2D eigenvalue weighted by Gasteiger charge is 2.18. The summed E-state index contributed by atoms with van der Waals surface area (Å²) in [5, 5.41) is 7.41. The first-order valence-corrected chi connectivity index (χ1v) is 5.23. The van der Waals surface area contributed by atoms with Gasteiger partial charge in [-0.3, -0.25) is 5.41 Å². The standard InChI is InChI=1S/C11H15N3O/c12-10(13)9-6-3-7-14-11(9)15-8-4-1-2-5-8/h3,6-8H,1-2,4-5H2,(H3,12,13). The normalized spacial score (nSPS) is 16.5. The molecular formula is C11H15N3O. The average molecular weight is 205 g/mol.